The van der Waals surface area contributed by atoms with Crippen LogP contribution in [-0.2, 0) is 11.0 Å². The van der Waals surface area contributed by atoms with Crippen molar-refractivity contribution in [3.8, 4) is 0 Å². The van der Waals surface area contributed by atoms with Crippen molar-refractivity contribution >= 4 is 21.9 Å². The minimum atomic E-state index is -4.56. The Morgan fingerprint density at radius 3 is 2.32 bits per heavy atom. The number of nitrogens with one attached hydrogen (secondary N) is 1. The third kappa shape index (κ3) is 3.35. The zero-order chi connectivity index (χ0) is 16.7. The van der Waals surface area contributed by atoms with E-state index in [9.17, 15) is 17.4 Å². The summed E-state index contributed by atoms with van der Waals surface area (Å²) in [6, 6.07) is 8.54. The molecule has 122 valence electrons. The molecule has 2 aromatic rings. The fourth-order valence-corrected chi connectivity index (χ4v) is 3.00. The van der Waals surface area contributed by atoms with E-state index in [1.807, 2.05) is 0 Å². The van der Waals surface area contributed by atoms with Crippen molar-refractivity contribution in [3.05, 3.63) is 36.0 Å². The van der Waals surface area contributed by atoms with Gasteiger partial charge in [-0.05, 0) is 45.2 Å². The molecule has 1 heterocycles. The van der Waals surface area contributed by atoms with Crippen LogP contribution in [0.2, 0.25) is 0 Å². The summed E-state index contributed by atoms with van der Waals surface area (Å²) in [6.07, 6.45) is -6.60. The fourth-order valence-electron chi connectivity index (χ4n) is 2.20. The van der Waals surface area contributed by atoms with Gasteiger partial charge in [-0.15, -0.1) is 0 Å². The summed E-state index contributed by atoms with van der Waals surface area (Å²) in [5, 5.41) is 0.720. The quantitative estimate of drug-likeness (QED) is 0.903. The number of benzene rings is 1. The minimum absolute atomic E-state index is 0.459. The SMILES string of the molecule is Cc1cc2ccccc2n1[C@H](NS(=O)C(C)(C)C)C(F)(F)F. The highest BCUT2D eigenvalue weighted by molar-refractivity contribution is 7.84. The average molecular weight is 332 g/mol. The first-order valence-electron chi connectivity index (χ1n) is 6.83. The summed E-state index contributed by atoms with van der Waals surface area (Å²) in [5.74, 6) is 0. The maximum atomic E-state index is 13.5. The number of hydrogen-bond acceptors (Lipinski definition) is 1. The van der Waals surface area contributed by atoms with Gasteiger partial charge in [0.05, 0.1) is 15.7 Å². The molecule has 0 spiro atoms. The Balaban J connectivity index is 2.54. The van der Waals surface area contributed by atoms with Crippen molar-refractivity contribution < 1.29 is 17.4 Å². The summed E-state index contributed by atoms with van der Waals surface area (Å²) in [7, 11) is -1.84. The molecule has 0 aliphatic carbocycles. The van der Waals surface area contributed by atoms with E-state index in [4.69, 9.17) is 0 Å². The maximum absolute atomic E-state index is 13.5. The Labute approximate surface area is 130 Å². The van der Waals surface area contributed by atoms with Crippen LogP contribution in [0.3, 0.4) is 0 Å². The van der Waals surface area contributed by atoms with E-state index in [-0.39, 0.29) is 0 Å². The molecule has 1 unspecified atom stereocenters. The predicted octanol–water partition coefficient (Wildman–Crippen LogP) is 4.06. The monoisotopic (exact) mass is 332 g/mol. The second-order valence-electron chi connectivity index (χ2n) is 6.16. The normalized spacial score (nSPS) is 16.0. The van der Waals surface area contributed by atoms with E-state index in [0.717, 1.165) is 9.95 Å². The lowest BCUT2D eigenvalue weighted by molar-refractivity contribution is -0.169. The van der Waals surface area contributed by atoms with Gasteiger partial charge in [0.15, 0.2) is 6.17 Å². The van der Waals surface area contributed by atoms with Gasteiger partial charge in [0, 0.05) is 11.2 Å². The van der Waals surface area contributed by atoms with Crippen molar-refractivity contribution in [2.75, 3.05) is 0 Å². The van der Waals surface area contributed by atoms with Crippen LogP contribution >= 0.6 is 0 Å². The Morgan fingerprint density at radius 2 is 1.77 bits per heavy atom. The van der Waals surface area contributed by atoms with E-state index in [0.29, 0.717) is 11.2 Å². The highest BCUT2D eigenvalue weighted by Crippen LogP contribution is 2.34. The first-order valence-corrected chi connectivity index (χ1v) is 7.98. The lowest BCUT2D eigenvalue weighted by Crippen LogP contribution is -2.44. The molecule has 0 saturated carbocycles. The number of nitrogens with zero attached hydrogens (tertiary/aromatic N) is 1. The Hall–Kier alpha value is -1.34. The van der Waals surface area contributed by atoms with E-state index < -0.39 is 28.1 Å². The molecule has 3 nitrogen and oxygen atoms in total. The van der Waals surface area contributed by atoms with E-state index in [1.165, 1.54) is 0 Å². The number of fused-ring (bicyclic) bond motifs is 1. The first kappa shape index (κ1) is 17.0. The molecule has 0 aliphatic rings. The van der Waals surface area contributed by atoms with Crippen LogP contribution in [0, 0.1) is 6.92 Å². The number of aryl methyl sites for hydroxylation is 1. The van der Waals surface area contributed by atoms with Gasteiger partial charge in [0.1, 0.15) is 0 Å². The van der Waals surface area contributed by atoms with Crippen LogP contribution in [0.25, 0.3) is 10.9 Å². The number of para-hydroxylation sites is 1. The van der Waals surface area contributed by atoms with Crippen molar-refractivity contribution in [3.63, 3.8) is 0 Å². The topological polar surface area (TPSA) is 34.0 Å². The number of rotatable bonds is 3. The zero-order valence-electron chi connectivity index (χ0n) is 12.9. The number of hydrogen-bond donors (Lipinski definition) is 1. The van der Waals surface area contributed by atoms with Crippen LogP contribution in [0.5, 0.6) is 0 Å². The van der Waals surface area contributed by atoms with Crippen LogP contribution in [0.4, 0.5) is 13.2 Å². The predicted molar refractivity (Wildman–Crippen MR) is 82.8 cm³/mol. The molecule has 0 radical (unpaired) electrons. The second kappa shape index (κ2) is 5.70. The largest absolute Gasteiger partial charge is 0.423 e. The molecule has 7 heteroatoms. The highest BCUT2D eigenvalue weighted by Gasteiger charge is 2.44. The van der Waals surface area contributed by atoms with Gasteiger partial charge in [0.25, 0.3) is 0 Å². The standard InChI is InChI=1S/C15H19F3N2OS/c1-10-9-11-7-5-6-8-12(11)20(10)13(15(16,17)18)19-22(21)14(2,3)4/h5-9,13,19H,1-4H3/t13-,22?/m0/s1. The van der Waals surface area contributed by atoms with Gasteiger partial charge in [-0.25, -0.2) is 8.93 Å². The summed E-state index contributed by atoms with van der Waals surface area (Å²) >= 11 is 0. The summed E-state index contributed by atoms with van der Waals surface area (Å²) < 4.78 is 55.3. The summed E-state index contributed by atoms with van der Waals surface area (Å²) in [5.41, 5.74) is 0.919. The van der Waals surface area contributed by atoms with Crippen LogP contribution in [0.1, 0.15) is 32.6 Å². The third-order valence-electron chi connectivity index (χ3n) is 3.28. The molecule has 0 bridgehead atoms. The van der Waals surface area contributed by atoms with Gasteiger partial charge < -0.3 is 4.57 Å². The second-order valence-corrected chi connectivity index (χ2v) is 8.16. The molecule has 0 amide bonds. The maximum Gasteiger partial charge on any atom is 0.423 e. The van der Waals surface area contributed by atoms with Crippen LogP contribution in [-0.4, -0.2) is 19.7 Å². The molecule has 22 heavy (non-hydrogen) atoms. The van der Waals surface area contributed by atoms with Gasteiger partial charge in [0.2, 0.25) is 0 Å². The molecule has 0 fully saturated rings. The van der Waals surface area contributed by atoms with Gasteiger partial charge in [-0.1, -0.05) is 18.2 Å². The van der Waals surface area contributed by atoms with Crippen molar-refractivity contribution in [1.29, 1.82) is 0 Å². The Bertz CT molecular complexity index is 701. The average Bonchev–Trinajstić information content (AvgIpc) is 2.69. The van der Waals surface area contributed by atoms with E-state index in [2.05, 4.69) is 4.72 Å². The fraction of sp³-hybridized carbons (Fsp3) is 0.467. The Morgan fingerprint density at radius 1 is 1.18 bits per heavy atom. The van der Waals surface area contributed by atoms with Crippen molar-refractivity contribution in [2.24, 2.45) is 0 Å². The minimum Gasteiger partial charge on any atom is -0.320 e. The molecule has 1 N–H and O–H groups in total. The highest BCUT2D eigenvalue weighted by atomic mass is 32.2. The number of aromatic nitrogens is 1. The first-order chi connectivity index (χ1) is 10.0. The van der Waals surface area contributed by atoms with E-state index in [1.54, 1.807) is 58.0 Å². The van der Waals surface area contributed by atoms with E-state index >= 15 is 0 Å². The van der Waals surface area contributed by atoms with Crippen molar-refractivity contribution in [1.82, 2.24) is 9.29 Å². The molecule has 1 aromatic carbocycles. The molecule has 1 aromatic heterocycles. The smallest absolute Gasteiger partial charge is 0.320 e. The molecule has 0 aliphatic heterocycles. The van der Waals surface area contributed by atoms with Gasteiger partial charge >= 0.3 is 6.18 Å². The third-order valence-corrected chi connectivity index (χ3v) is 4.83. The van der Waals surface area contributed by atoms with Crippen LogP contribution < -0.4 is 4.72 Å². The lowest BCUT2D eigenvalue weighted by atomic mass is 10.2. The molecule has 0 saturated heterocycles. The summed E-state index contributed by atoms with van der Waals surface area (Å²) in [4.78, 5) is 0. The summed E-state index contributed by atoms with van der Waals surface area (Å²) in [6.45, 7) is 6.50. The zero-order valence-corrected chi connectivity index (χ0v) is 13.7. The molecule has 2 atom stereocenters. The number of alkyl halides is 3. The van der Waals surface area contributed by atoms with Gasteiger partial charge in [-0.2, -0.15) is 13.2 Å². The number of halogens is 3. The molecule has 2 rings (SSSR count). The molecular formula is C15H19F3N2OS. The van der Waals surface area contributed by atoms with Crippen molar-refractivity contribution in [2.45, 2.75) is 44.8 Å². The van der Waals surface area contributed by atoms with Crippen LogP contribution in [0.15, 0.2) is 30.3 Å². The lowest BCUT2D eigenvalue weighted by Gasteiger charge is -2.28. The van der Waals surface area contributed by atoms with Gasteiger partial charge in [-0.3, -0.25) is 0 Å². The Kier molecular flexibility index (Phi) is 4.41. The molecular weight excluding hydrogens is 313 g/mol.